The van der Waals surface area contributed by atoms with Crippen LogP contribution < -0.4 is 5.73 Å². The van der Waals surface area contributed by atoms with Crippen LogP contribution in [0.1, 0.15) is 35.2 Å². The maximum absolute atomic E-state index is 6.42. The molecule has 3 rings (SSSR count). The lowest BCUT2D eigenvalue weighted by atomic mass is 9.92. The Morgan fingerprint density at radius 3 is 2.78 bits per heavy atom. The van der Waals surface area contributed by atoms with E-state index in [2.05, 4.69) is 57.9 Å². The van der Waals surface area contributed by atoms with E-state index < -0.39 is 0 Å². The second-order valence-electron chi connectivity index (χ2n) is 4.77. The first kappa shape index (κ1) is 12.1. The normalized spacial score (nSPS) is 19.6. The van der Waals surface area contributed by atoms with E-state index >= 15 is 0 Å². The van der Waals surface area contributed by atoms with Gasteiger partial charge in [0.25, 0.3) is 0 Å². The standard InChI is InChI=1S/C15H15IN2/c16-12-6-3-10(4-7-12)14(17)13-8-5-11-2-1-9-18-15(11)13/h1-4,6-7,9,13-14H,5,8,17H2. The molecule has 18 heavy (non-hydrogen) atoms. The van der Waals surface area contributed by atoms with E-state index in [1.807, 2.05) is 12.3 Å². The highest BCUT2D eigenvalue weighted by molar-refractivity contribution is 14.1. The molecule has 0 saturated heterocycles. The Balaban J connectivity index is 1.90. The zero-order chi connectivity index (χ0) is 12.5. The first-order valence-corrected chi connectivity index (χ1v) is 7.28. The van der Waals surface area contributed by atoms with Crippen LogP contribution in [0, 0.1) is 3.57 Å². The summed E-state index contributed by atoms with van der Waals surface area (Å²) in [6.07, 6.45) is 4.09. The van der Waals surface area contributed by atoms with Gasteiger partial charge < -0.3 is 5.73 Å². The van der Waals surface area contributed by atoms with Crippen LogP contribution in [0.5, 0.6) is 0 Å². The highest BCUT2D eigenvalue weighted by atomic mass is 127. The number of halogens is 1. The third-order valence-electron chi connectivity index (χ3n) is 3.69. The molecule has 0 spiro atoms. The molecular weight excluding hydrogens is 335 g/mol. The molecule has 0 amide bonds. The topological polar surface area (TPSA) is 38.9 Å². The van der Waals surface area contributed by atoms with Crippen molar-refractivity contribution in [2.75, 3.05) is 0 Å². The molecule has 1 aromatic carbocycles. The number of benzene rings is 1. The summed E-state index contributed by atoms with van der Waals surface area (Å²) in [7, 11) is 0. The predicted molar refractivity (Wildman–Crippen MR) is 81.4 cm³/mol. The van der Waals surface area contributed by atoms with Crippen LogP contribution in [0.2, 0.25) is 0 Å². The van der Waals surface area contributed by atoms with E-state index in [1.54, 1.807) is 0 Å². The SMILES string of the molecule is NC(c1ccc(I)cc1)C1CCc2cccnc21. The Morgan fingerprint density at radius 2 is 2.00 bits per heavy atom. The monoisotopic (exact) mass is 350 g/mol. The highest BCUT2D eigenvalue weighted by Gasteiger charge is 2.29. The quantitative estimate of drug-likeness (QED) is 0.843. The van der Waals surface area contributed by atoms with Gasteiger partial charge >= 0.3 is 0 Å². The van der Waals surface area contributed by atoms with E-state index in [9.17, 15) is 0 Å². The molecule has 1 aliphatic rings. The molecule has 92 valence electrons. The minimum Gasteiger partial charge on any atom is -0.323 e. The summed E-state index contributed by atoms with van der Waals surface area (Å²) in [6, 6.07) is 12.7. The van der Waals surface area contributed by atoms with Crippen molar-refractivity contribution in [3.63, 3.8) is 0 Å². The first-order chi connectivity index (χ1) is 8.75. The Bertz CT molecular complexity index is 551. The summed E-state index contributed by atoms with van der Waals surface area (Å²) in [5, 5.41) is 0. The first-order valence-electron chi connectivity index (χ1n) is 6.20. The Morgan fingerprint density at radius 1 is 1.22 bits per heavy atom. The number of hydrogen-bond donors (Lipinski definition) is 1. The second-order valence-corrected chi connectivity index (χ2v) is 6.02. The van der Waals surface area contributed by atoms with Crippen LogP contribution >= 0.6 is 22.6 Å². The van der Waals surface area contributed by atoms with Gasteiger partial charge in [0.15, 0.2) is 0 Å². The predicted octanol–water partition coefficient (Wildman–Crippen LogP) is 3.42. The zero-order valence-electron chi connectivity index (χ0n) is 10.0. The fraction of sp³-hybridized carbons (Fsp3) is 0.267. The van der Waals surface area contributed by atoms with Gasteiger partial charge in [-0.15, -0.1) is 0 Å². The summed E-state index contributed by atoms with van der Waals surface area (Å²) < 4.78 is 1.24. The molecule has 0 radical (unpaired) electrons. The zero-order valence-corrected chi connectivity index (χ0v) is 12.2. The molecule has 3 heteroatoms. The summed E-state index contributed by atoms with van der Waals surface area (Å²) in [4.78, 5) is 4.52. The number of hydrogen-bond acceptors (Lipinski definition) is 2. The number of rotatable bonds is 2. The summed E-state index contributed by atoms with van der Waals surface area (Å²) in [6.45, 7) is 0. The van der Waals surface area contributed by atoms with Crippen molar-refractivity contribution >= 4 is 22.6 Å². The van der Waals surface area contributed by atoms with Crippen LogP contribution in [-0.2, 0) is 6.42 Å². The Kier molecular flexibility index (Phi) is 3.35. The van der Waals surface area contributed by atoms with Crippen molar-refractivity contribution in [3.8, 4) is 0 Å². The lowest BCUT2D eigenvalue weighted by molar-refractivity contribution is 0.541. The molecule has 2 nitrogen and oxygen atoms in total. The van der Waals surface area contributed by atoms with Gasteiger partial charge in [0.1, 0.15) is 0 Å². The smallest absolute Gasteiger partial charge is 0.0485 e. The fourth-order valence-electron chi connectivity index (χ4n) is 2.71. The molecule has 0 bridgehead atoms. The van der Waals surface area contributed by atoms with Gasteiger partial charge in [-0.1, -0.05) is 18.2 Å². The summed E-state index contributed by atoms with van der Waals surface area (Å²) in [5.41, 5.74) is 10.2. The third kappa shape index (κ3) is 2.17. The molecule has 1 aliphatic carbocycles. The van der Waals surface area contributed by atoms with Gasteiger partial charge in [0, 0.05) is 27.4 Å². The maximum atomic E-state index is 6.42. The van der Waals surface area contributed by atoms with Crippen molar-refractivity contribution in [1.82, 2.24) is 4.98 Å². The van der Waals surface area contributed by atoms with E-state index in [4.69, 9.17) is 5.73 Å². The number of aromatic nitrogens is 1. The Hall–Kier alpha value is -0.940. The molecule has 0 aliphatic heterocycles. The average Bonchev–Trinajstić information content (AvgIpc) is 2.82. The molecule has 1 aromatic heterocycles. The van der Waals surface area contributed by atoms with Crippen molar-refractivity contribution in [2.24, 2.45) is 5.73 Å². The second kappa shape index (κ2) is 4.97. The van der Waals surface area contributed by atoms with Gasteiger partial charge in [-0.2, -0.15) is 0 Å². The number of fused-ring (bicyclic) bond motifs is 1. The van der Waals surface area contributed by atoms with Crippen LogP contribution in [0.25, 0.3) is 0 Å². The minimum atomic E-state index is 0.0538. The van der Waals surface area contributed by atoms with Crippen molar-refractivity contribution in [1.29, 1.82) is 0 Å². The van der Waals surface area contributed by atoms with Crippen molar-refractivity contribution in [3.05, 3.63) is 63.0 Å². The van der Waals surface area contributed by atoms with Gasteiger partial charge in [-0.3, -0.25) is 4.98 Å². The van der Waals surface area contributed by atoms with Gasteiger partial charge in [0.2, 0.25) is 0 Å². The lowest BCUT2D eigenvalue weighted by Crippen LogP contribution is -2.18. The highest BCUT2D eigenvalue weighted by Crippen LogP contribution is 2.39. The van der Waals surface area contributed by atoms with Gasteiger partial charge in [0.05, 0.1) is 0 Å². The van der Waals surface area contributed by atoms with Gasteiger partial charge in [-0.25, -0.2) is 0 Å². The molecule has 2 N–H and O–H groups in total. The molecule has 0 saturated carbocycles. The number of nitrogens with two attached hydrogens (primary N) is 1. The van der Waals surface area contributed by atoms with Crippen molar-refractivity contribution in [2.45, 2.75) is 24.8 Å². The van der Waals surface area contributed by atoms with Crippen molar-refractivity contribution < 1.29 is 0 Å². The van der Waals surface area contributed by atoms with Crippen LogP contribution in [0.3, 0.4) is 0 Å². The Labute approximate surface area is 121 Å². The average molecular weight is 350 g/mol. The third-order valence-corrected chi connectivity index (χ3v) is 4.41. The number of nitrogens with zero attached hydrogens (tertiary/aromatic N) is 1. The van der Waals surface area contributed by atoms with E-state index in [0.717, 1.165) is 12.8 Å². The molecule has 0 fully saturated rings. The number of pyridine rings is 1. The molecule has 2 atom stereocenters. The van der Waals surface area contributed by atoms with E-state index in [-0.39, 0.29) is 6.04 Å². The fourth-order valence-corrected chi connectivity index (χ4v) is 3.07. The molecule has 2 unspecified atom stereocenters. The van der Waals surface area contributed by atoms with Crippen LogP contribution in [0.4, 0.5) is 0 Å². The molecule has 1 heterocycles. The molecule has 2 aromatic rings. The van der Waals surface area contributed by atoms with Crippen LogP contribution in [-0.4, -0.2) is 4.98 Å². The van der Waals surface area contributed by atoms with E-state index in [0.29, 0.717) is 5.92 Å². The number of aryl methyl sites for hydroxylation is 1. The maximum Gasteiger partial charge on any atom is 0.0485 e. The summed E-state index contributed by atoms with van der Waals surface area (Å²) >= 11 is 2.32. The molecular formula is C15H15IN2. The van der Waals surface area contributed by atoms with Crippen LogP contribution in [0.15, 0.2) is 42.6 Å². The summed E-state index contributed by atoms with van der Waals surface area (Å²) in [5.74, 6) is 0.362. The van der Waals surface area contributed by atoms with Gasteiger partial charge in [-0.05, 0) is 64.8 Å². The van der Waals surface area contributed by atoms with E-state index in [1.165, 1.54) is 20.4 Å². The largest absolute Gasteiger partial charge is 0.323 e. The minimum absolute atomic E-state index is 0.0538. The lowest BCUT2D eigenvalue weighted by Gasteiger charge is -2.20.